The van der Waals surface area contributed by atoms with Gasteiger partial charge >= 0.3 is 5.76 Å². The van der Waals surface area contributed by atoms with E-state index in [1.54, 1.807) is 0 Å². The van der Waals surface area contributed by atoms with E-state index in [1.165, 1.54) is 4.68 Å². The average molecular weight is 472 g/mol. The number of nitrogens with one attached hydrogen (secondary N) is 1. The third-order valence-electron chi connectivity index (χ3n) is 6.04. The Kier molecular flexibility index (Phi) is 9.21. The lowest BCUT2D eigenvalue weighted by Crippen LogP contribution is -2.48. The van der Waals surface area contributed by atoms with Crippen molar-refractivity contribution < 1.29 is 18.7 Å². The molecule has 8 nitrogen and oxygen atoms in total. The SMILES string of the molecule is CC(C)CC(NC(=O)C1CCCCC1OCc1ccccc1)C(=O)c1nn(CC(C)C)c(=O)o1. The average Bonchev–Trinajstić information content (AvgIpc) is 3.16. The maximum absolute atomic E-state index is 13.3. The molecule has 186 valence electrons. The topological polar surface area (TPSA) is 103 Å². The molecule has 0 radical (unpaired) electrons. The van der Waals surface area contributed by atoms with Crippen molar-refractivity contribution in [2.75, 3.05) is 0 Å². The lowest BCUT2D eigenvalue weighted by Gasteiger charge is -2.32. The molecule has 0 saturated heterocycles. The van der Waals surface area contributed by atoms with Gasteiger partial charge in [-0.15, -0.1) is 5.10 Å². The normalized spacial score (nSPS) is 19.4. The first-order valence-electron chi connectivity index (χ1n) is 12.3. The summed E-state index contributed by atoms with van der Waals surface area (Å²) < 4.78 is 12.5. The van der Waals surface area contributed by atoms with Gasteiger partial charge in [-0.1, -0.05) is 70.9 Å². The fourth-order valence-electron chi connectivity index (χ4n) is 4.37. The number of nitrogens with zero attached hydrogens (tertiary/aromatic N) is 2. The quantitative estimate of drug-likeness (QED) is 0.497. The molecule has 3 unspecified atom stereocenters. The van der Waals surface area contributed by atoms with Gasteiger partial charge in [0.25, 0.3) is 5.89 Å². The number of ketones is 1. The Balaban J connectivity index is 1.70. The highest BCUT2D eigenvalue weighted by Gasteiger charge is 2.35. The van der Waals surface area contributed by atoms with E-state index in [0.29, 0.717) is 26.0 Å². The minimum Gasteiger partial charge on any atom is -0.384 e. The summed E-state index contributed by atoms with van der Waals surface area (Å²) in [7, 11) is 0. The van der Waals surface area contributed by atoms with Crippen molar-refractivity contribution in [1.29, 1.82) is 0 Å². The Bertz CT molecular complexity index is 995. The fraction of sp³-hybridized carbons (Fsp3) is 0.615. The van der Waals surface area contributed by atoms with Gasteiger partial charge in [-0.25, -0.2) is 4.79 Å². The number of ether oxygens (including phenoxy) is 1. The number of aromatic nitrogens is 2. The van der Waals surface area contributed by atoms with Crippen LogP contribution in [0.5, 0.6) is 0 Å². The van der Waals surface area contributed by atoms with Crippen LogP contribution >= 0.6 is 0 Å². The van der Waals surface area contributed by atoms with E-state index in [1.807, 2.05) is 58.0 Å². The molecule has 1 fully saturated rings. The number of carbonyl (C=O) groups excluding carboxylic acids is 2. The molecule has 1 N–H and O–H groups in total. The molecular formula is C26H37N3O5. The van der Waals surface area contributed by atoms with Gasteiger partial charge in [0, 0.05) is 0 Å². The van der Waals surface area contributed by atoms with Crippen LogP contribution in [0, 0.1) is 17.8 Å². The molecule has 8 heteroatoms. The minimum atomic E-state index is -0.810. The largest absolute Gasteiger partial charge is 0.437 e. The Labute approximate surface area is 201 Å². The molecule has 1 amide bonds. The van der Waals surface area contributed by atoms with E-state index < -0.39 is 17.6 Å². The smallest absolute Gasteiger partial charge is 0.384 e. The van der Waals surface area contributed by atoms with Crippen LogP contribution in [0.2, 0.25) is 0 Å². The highest BCUT2D eigenvalue weighted by atomic mass is 16.5. The molecule has 1 aromatic heterocycles. The number of hydrogen-bond acceptors (Lipinski definition) is 6. The summed E-state index contributed by atoms with van der Waals surface area (Å²) in [5.74, 6) is -1.58. The van der Waals surface area contributed by atoms with Gasteiger partial charge in [-0.3, -0.25) is 9.59 Å². The second-order valence-corrected chi connectivity index (χ2v) is 10.0. The standard InChI is InChI=1S/C26H37N3O5/c1-17(2)14-21(23(30)25-28-29(15-18(3)4)26(32)34-25)27-24(31)20-12-8-9-13-22(20)33-16-19-10-6-5-7-11-19/h5-7,10-11,17-18,20-22H,8-9,12-16H2,1-4H3,(H,27,31). The summed E-state index contributed by atoms with van der Waals surface area (Å²) in [5, 5.41) is 7.02. The summed E-state index contributed by atoms with van der Waals surface area (Å²) in [6.07, 6.45) is 3.70. The fourth-order valence-corrected chi connectivity index (χ4v) is 4.37. The molecule has 1 aliphatic carbocycles. The second-order valence-electron chi connectivity index (χ2n) is 10.0. The minimum absolute atomic E-state index is 0.148. The predicted octanol–water partition coefficient (Wildman–Crippen LogP) is 3.98. The Morgan fingerprint density at radius 1 is 1.12 bits per heavy atom. The van der Waals surface area contributed by atoms with Gasteiger partial charge in [0.1, 0.15) is 0 Å². The first-order chi connectivity index (χ1) is 16.2. The number of carbonyl (C=O) groups is 2. The van der Waals surface area contributed by atoms with Crippen molar-refractivity contribution in [2.45, 2.75) is 85.1 Å². The van der Waals surface area contributed by atoms with Crippen LogP contribution < -0.4 is 11.1 Å². The van der Waals surface area contributed by atoms with Crippen molar-refractivity contribution in [3.05, 3.63) is 52.3 Å². The van der Waals surface area contributed by atoms with Gasteiger partial charge < -0.3 is 14.5 Å². The van der Waals surface area contributed by atoms with E-state index in [9.17, 15) is 14.4 Å². The van der Waals surface area contributed by atoms with Crippen molar-refractivity contribution in [3.8, 4) is 0 Å². The van der Waals surface area contributed by atoms with Gasteiger partial charge in [-0.2, -0.15) is 4.68 Å². The molecule has 0 aliphatic heterocycles. The molecule has 0 spiro atoms. The van der Waals surface area contributed by atoms with E-state index in [0.717, 1.165) is 24.8 Å². The molecule has 1 saturated carbocycles. The number of amides is 1. The van der Waals surface area contributed by atoms with Crippen molar-refractivity contribution in [3.63, 3.8) is 0 Å². The molecule has 1 aliphatic rings. The lowest BCUT2D eigenvalue weighted by molar-refractivity contribution is -0.133. The van der Waals surface area contributed by atoms with Crippen LogP contribution in [0.1, 0.15) is 76.0 Å². The zero-order chi connectivity index (χ0) is 24.7. The third kappa shape index (κ3) is 7.13. The summed E-state index contributed by atoms with van der Waals surface area (Å²) in [5.41, 5.74) is 1.06. The molecule has 34 heavy (non-hydrogen) atoms. The summed E-state index contributed by atoms with van der Waals surface area (Å²) in [6, 6.07) is 9.08. The summed E-state index contributed by atoms with van der Waals surface area (Å²) in [6.45, 7) is 8.66. The van der Waals surface area contributed by atoms with Gasteiger partial charge in [-0.05, 0) is 36.7 Å². The molecule has 1 aromatic carbocycles. The highest BCUT2D eigenvalue weighted by Crippen LogP contribution is 2.28. The zero-order valence-corrected chi connectivity index (χ0v) is 20.7. The summed E-state index contributed by atoms with van der Waals surface area (Å²) >= 11 is 0. The number of benzene rings is 1. The Morgan fingerprint density at radius 3 is 2.50 bits per heavy atom. The molecule has 0 bridgehead atoms. The monoisotopic (exact) mass is 471 g/mol. The van der Waals surface area contributed by atoms with Crippen molar-refractivity contribution >= 4 is 11.7 Å². The molecular weight excluding hydrogens is 434 g/mol. The van der Waals surface area contributed by atoms with E-state index in [2.05, 4.69) is 10.4 Å². The van der Waals surface area contributed by atoms with Crippen LogP contribution in [-0.2, 0) is 22.7 Å². The zero-order valence-electron chi connectivity index (χ0n) is 20.7. The third-order valence-corrected chi connectivity index (χ3v) is 6.04. The van der Waals surface area contributed by atoms with E-state index in [4.69, 9.17) is 9.15 Å². The number of hydrogen-bond donors (Lipinski definition) is 1. The second kappa shape index (κ2) is 12.1. The highest BCUT2D eigenvalue weighted by molar-refractivity contribution is 5.98. The Morgan fingerprint density at radius 2 is 1.82 bits per heavy atom. The lowest BCUT2D eigenvalue weighted by atomic mass is 9.85. The maximum atomic E-state index is 13.3. The Hall–Kier alpha value is -2.74. The van der Waals surface area contributed by atoms with Crippen LogP contribution in [0.4, 0.5) is 0 Å². The van der Waals surface area contributed by atoms with E-state index >= 15 is 0 Å². The maximum Gasteiger partial charge on any atom is 0.437 e. The van der Waals surface area contributed by atoms with Crippen LogP contribution in [0.15, 0.2) is 39.5 Å². The van der Waals surface area contributed by atoms with Crippen LogP contribution in [0.3, 0.4) is 0 Å². The summed E-state index contributed by atoms with van der Waals surface area (Å²) in [4.78, 5) is 38.6. The number of Topliss-reactive ketones (excluding diaryl/α,β-unsaturated/α-hetero) is 1. The molecule has 2 aromatic rings. The van der Waals surface area contributed by atoms with Crippen molar-refractivity contribution in [2.24, 2.45) is 17.8 Å². The van der Waals surface area contributed by atoms with Gasteiger partial charge in [0.15, 0.2) is 0 Å². The first-order valence-corrected chi connectivity index (χ1v) is 12.3. The first kappa shape index (κ1) is 25.9. The van der Waals surface area contributed by atoms with Crippen LogP contribution in [0.25, 0.3) is 0 Å². The van der Waals surface area contributed by atoms with Crippen LogP contribution in [-0.4, -0.2) is 33.6 Å². The number of rotatable bonds is 11. The van der Waals surface area contributed by atoms with Gasteiger partial charge in [0.2, 0.25) is 11.7 Å². The molecule has 3 atom stereocenters. The molecule has 1 heterocycles. The van der Waals surface area contributed by atoms with Crippen molar-refractivity contribution in [1.82, 2.24) is 15.1 Å². The van der Waals surface area contributed by atoms with Gasteiger partial charge in [0.05, 0.1) is 31.2 Å². The molecule has 3 rings (SSSR count). The van der Waals surface area contributed by atoms with E-state index in [-0.39, 0.29) is 35.7 Å². The predicted molar refractivity (Wildman–Crippen MR) is 128 cm³/mol.